The predicted octanol–water partition coefficient (Wildman–Crippen LogP) is -0.255. The monoisotopic (exact) mass is 220 g/mol. The Hall–Kier alpha value is -1.89. The van der Waals surface area contributed by atoms with Crippen LogP contribution < -0.4 is 10.6 Å². The van der Waals surface area contributed by atoms with Gasteiger partial charge in [-0.1, -0.05) is 0 Å². The lowest BCUT2D eigenvalue weighted by molar-refractivity contribution is 0.484. The number of nitrogens with zero attached hydrogens (tertiary/aromatic N) is 5. The van der Waals surface area contributed by atoms with Gasteiger partial charge in [-0.2, -0.15) is 4.98 Å². The summed E-state index contributed by atoms with van der Waals surface area (Å²) in [5.74, 6) is 0.929. The first-order valence-electron chi connectivity index (χ1n) is 5.13. The Kier molecular flexibility index (Phi) is 2.10. The molecule has 0 saturated heterocycles. The van der Waals surface area contributed by atoms with Crippen molar-refractivity contribution in [3.05, 3.63) is 24.1 Å². The van der Waals surface area contributed by atoms with Gasteiger partial charge in [-0.3, -0.25) is 0 Å². The van der Waals surface area contributed by atoms with E-state index in [0.717, 1.165) is 24.6 Å². The SMILES string of the molecule is NCc1coc(N2CCn3cnnc3C2)n1. The first kappa shape index (κ1) is 9.34. The molecule has 0 aliphatic carbocycles. The average molecular weight is 220 g/mol. The van der Waals surface area contributed by atoms with Gasteiger partial charge in [0, 0.05) is 19.6 Å². The molecule has 84 valence electrons. The minimum Gasteiger partial charge on any atom is -0.432 e. The lowest BCUT2D eigenvalue weighted by Gasteiger charge is -2.25. The lowest BCUT2D eigenvalue weighted by Crippen LogP contribution is -2.33. The van der Waals surface area contributed by atoms with Gasteiger partial charge in [0.1, 0.15) is 12.6 Å². The Morgan fingerprint density at radius 1 is 1.44 bits per heavy atom. The van der Waals surface area contributed by atoms with Crippen molar-refractivity contribution in [2.24, 2.45) is 5.73 Å². The van der Waals surface area contributed by atoms with E-state index in [0.29, 0.717) is 19.1 Å². The summed E-state index contributed by atoms with van der Waals surface area (Å²) >= 11 is 0. The number of nitrogens with two attached hydrogens (primary N) is 1. The van der Waals surface area contributed by atoms with Crippen LogP contribution in [-0.2, 0) is 19.6 Å². The van der Waals surface area contributed by atoms with Gasteiger partial charge in [-0.15, -0.1) is 10.2 Å². The molecule has 0 bridgehead atoms. The fourth-order valence-corrected chi connectivity index (χ4v) is 1.76. The summed E-state index contributed by atoms with van der Waals surface area (Å²) in [6.07, 6.45) is 3.34. The molecule has 0 spiro atoms. The van der Waals surface area contributed by atoms with Gasteiger partial charge < -0.3 is 19.6 Å². The van der Waals surface area contributed by atoms with E-state index < -0.39 is 0 Å². The molecule has 0 fully saturated rings. The fourth-order valence-electron chi connectivity index (χ4n) is 1.76. The molecule has 7 heteroatoms. The second kappa shape index (κ2) is 3.60. The molecular formula is C9H12N6O. The Balaban J connectivity index is 1.83. The van der Waals surface area contributed by atoms with E-state index in [1.165, 1.54) is 0 Å². The normalized spacial score (nSPS) is 15.2. The third-order valence-electron chi connectivity index (χ3n) is 2.66. The molecule has 0 aromatic carbocycles. The molecule has 2 aromatic rings. The molecule has 2 aromatic heterocycles. The van der Waals surface area contributed by atoms with Crippen molar-refractivity contribution in [1.82, 2.24) is 19.7 Å². The van der Waals surface area contributed by atoms with E-state index >= 15 is 0 Å². The van der Waals surface area contributed by atoms with Gasteiger partial charge >= 0.3 is 0 Å². The second-order valence-electron chi connectivity index (χ2n) is 3.69. The van der Waals surface area contributed by atoms with Crippen LogP contribution in [-0.4, -0.2) is 26.3 Å². The topological polar surface area (TPSA) is 86.0 Å². The van der Waals surface area contributed by atoms with Crippen molar-refractivity contribution >= 4 is 6.01 Å². The summed E-state index contributed by atoms with van der Waals surface area (Å²) in [5.41, 5.74) is 6.25. The van der Waals surface area contributed by atoms with E-state index in [-0.39, 0.29) is 0 Å². The number of aromatic nitrogens is 4. The molecule has 0 atom stereocenters. The van der Waals surface area contributed by atoms with Crippen LogP contribution in [0, 0.1) is 0 Å². The van der Waals surface area contributed by atoms with E-state index in [1.54, 1.807) is 12.6 Å². The van der Waals surface area contributed by atoms with Crippen molar-refractivity contribution in [2.45, 2.75) is 19.6 Å². The van der Waals surface area contributed by atoms with Gasteiger partial charge in [0.15, 0.2) is 5.82 Å². The molecule has 16 heavy (non-hydrogen) atoms. The van der Waals surface area contributed by atoms with Crippen LogP contribution in [0.2, 0.25) is 0 Å². The highest BCUT2D eigenvalue weighted by molar-refractivity contribution is 5.28. The summed E-state index contributed by atoms with van der Waals surface area (Å²) in [6, 6.07) is 0.606. The Labute approximate surface area is 91.9 Å². The van der Waals surface area contributed by atoms with Gasteiger partial charge in [0.05, 0.1) is 12.2 Å². The zero-order valence-corrected chi connectivity index (χ0v) is 8.70. The zero-order chi connectivity index (χ0) is 11.0. The first-order valence-corrected chi connectivity index (χ1v) is 5.13. The number of oxazole rings is 1. The Morgan fingerprint density at radius 2 is 2.38 bits per heavy atom. The molecule has 0 amide bonds. The van der Waals surface area contributed by atoms with Crippen molar-refractivity contribution in [3.8, 4) is 0 Å². The number of hydrogen-bond acceptors (Lipinski definition) is 6. The summed E-state index contributed by atoms with van der Waals surface area (Å²) in [4.78, 5) is 6.32. The molecule has 2 N–H and O–H groups in total. The first-order chi connectivity index (χ1) is 7.86. The molecule has 1 aliphatic heterocycles. The highest BCUT2D eigenvalue weighted by Gasteiger charge is 2.20. The number of hydrogen-bond donors (Lipinski definition) is 1. The minimum absolute atomic E-state index is 0.396. The highest BCUT2D eigenvalue weighted by atomic mass is 16.4. The minimum atomic E-state index is 0.396. The zero-order valence-electron chi connectivity index (χ0n) is 8.70. The maximum Gasteiger partial charge on any atom is 0.297 e. The van der Waals surface area contributed by atoms with Gasteiger partial charge in [0.2, 0.25) is 0 Å². The molecule has 1 aliphatic rings. The Bertz CT molecular complexity index is 490. The number of fused-ring (bicyclic) bond motifs is 1. The van der Waals surface area contributed by atoms with Gasteiger partial charge in [-0.05, 0) is 0 Å². The van der Waals surface area contributed by atoms with Crippen molar-refractivity contribution in [2.75, 3.05) is 11.4 Å². The fraction of sp³-hybridized carbons (Fsp3) is 0.444. The molecule has 0 radical (unpaired) electrons. The quantitative estimate of drug-likeness (QED) is 0.750. The third kappa shape index (κ3) is 1.45. The van der Waals surface area contributed by atoms with Crippen molar-refractivity contribution in [1.29, 1.82) is 0 Å². The van der Waals surface area contributed by atoms with Crippen LogP contribution in [0.3, 0.4) is 0 Å². The maximum atomic E-state index is 5.49. The number of rotatable bonds is 2. The summed E-state index contributed by atoms with van der Waals surface area (Å²) < 4.78 is 7.39. The highest BCUT2D eigenvalue weighted by Crippen LogP contribution is 2.18. The van der Waals surface area contributed by atoms with Crippen LogP contribution in [0.5, 0.6) is 0 Å². The molecule has 7 nitrogen and oxygen atoms in total. The summed E-state index contributed by atoms with van der Waals surface area (Å²) in [7, 11) is 0. The van der Waals surface area contributed by atoms with Crippen LogP contribution in [0.4, 0.5) is 6.01 Å². The molecule has 3 rings (SSSR count). The third-order valence-corrected chi connectivity index (χ3v) is 2.66. The summed E-state index contributed by atoms with van der Waals surface area (Å²) in [5, 5.41) is 7.91. The standard InChI is InChI=1S/C9H12N6O/c10-3-7-5-16-9(12-7)14-1-2-15-6-11-13-8(15)4-14/h5-6H,1-4,10H2. The van der Waals surface area contributed by atoms with Crippen LogP contribution in [0.25, 0.3) is 0 Å². The van der Waals surface area contributed by atoms with Crippen LogP contribution in [0.15, 0.2) is 17.0 Å². The predicted molar refractivity (Wildman–Crippen MR) is 55.5 cm³/mol. The maximum absolute atomic E-state index is 5.49. The second-order valence-corrected chi connectivity index (χ2v) is 3.69. The van der Waals surface area contributed by atoms with E-state index in [2.05, 4.69) is 15.2 Å². The Morgan fingerprint density at radius 3 is 3.19 bits per heavy atom. The largest absolute Gasteiger partial charge is 0.432 e. The van der Waals surface area contributed by atoms with Crippen molar-refractivity contribution in [3.63, 3.8) is 0 Å². The average Bonchev–Trinajstić information content (AvgIpc) is 2.96. The molecular weight excluding hydrogens is 208 g/mol. The molecule has 3 heterocycles. The molecule has 0 saturated carbocycles. The van der Waals surface area contributed by atoms with Gasteiger partial charge in [0.25, 0.3) is 6.01 Å². The number of anilines is 1. The van der Waals surface area contributed by atoms with E-state index in [1.807, 2.05) is 9.47 Å². The van der Waals surface area contributed by atoms with E-state index in [9.17, 15) is 0 Å². The smallest absolute Gasteiger partial charge is 0.297 e. The van der Waals surface area contributed by atoms with Gasteiger partial charge in [-0.25, -0.2) is 0 Å². The molecule has 0 unspecified atom stereocenters. The van der Waals surface area contributed by atoms with E-state index in [4.69, 9.17) is 10.2 Å². The lowest BCUT2D eigenvalue weighted by atomic mass is 10.4. The van der Waals surface area contributed by atoms with Crippen molar-refractivity contribution < 1.29 is 4.42 Å². The van der Waals surface area contributed by atoms with Crippen LogP contribution in [0.1, 0.15) is 11.5 Å². The summed E-state index contributed by atoms with van der Waals surface area (Å²) in [6.45, 7) is 2.76. The van der Waals surface area contributed by atoms with Crippen LogP contribution >= 0.6 is 0 Å².